The summed E-state index contributed by atoms with van der Waals surface area (Å²) < 4.78 is 31.4. The summed E-state index contributed by atoms with van der Waals surface area (Å²) in [4.78, 5) is 23.7. The number of rotatable bonds is 11. The number of unbranched alkanes of at least 4 members (excludes halogenated alkanes) is 3. The van der Waals surface area contributed by atoms with E-state index in [1.165, 1.54) is 16.8 Å². The van der Waals surface area contributed by atoms with E-state index in [1.54, 1.807) is 42.9 Å². The van der Waals surface area contributed by atoms with Crippen LogP contribution in [0.2, 0.25) is 0 Å². The summed E-state index contributed by atoms with van der Waals surface area (Å²) in [6, 6.07) is 12.5. The summed E-state index contributed by atoms with van der Waals surface area (Å²) in [6.07, 6.45) is 4.02. The standard InChI is InChI=1S/C23H29N5O5S/c1-4-5-6-10-15-24-20-14-13-19(16-21(20)28(30)31)34(32,33)25-22-17(2)26(3)27(23(22)29)18-11-8-7-9-12-18/h7-9,11-14,16,24-25H,4-6,10,15H2,1-3H3. The zero-order valence-corrected chi connectivity index (χ0v) is 20.3. The number of hydrogen-bond donors (Lipinski definition) is 2. The average Bonchev–Trinajstić information content (AvgIpc) is 3.02. The van der Waals surface area contributed by atoms with E-state index in [-0.39, 0.29) is 22.0 Å². The maximum atomic E-state index is 13.1. The molecule has 0 aliphatic carbocycles. The van der Waals surface area contributed by atoms with Crippen molar-refractivity contribution in [2.24, 2.45) is 7.05 Å². The summed E-state index contributed by atoms with van der Waals surface area (Å²) in [7, 11) is -2.61. The van der Waals surface area contributed by atoms with Crippen molar-refractivity contribution in [1.29, 1.82) is 0 Å². The molecule has 34 heavy (non-hydrogen) atoms. The Morgan fingerprint density at radius 3 is 2.41 bits per heavy atom. The van der Waals surface area contributed by atoms with Gasteiger partial charge in [0.15, 0.2) is 0 Å². The third-order valence-corrected chi connectivity index (χ3v) is 6.96. The molecule has 0 saturated heterocycles. The van der Waals surface area contributed by atoms with E-state index in [4.69, 9.17) is 0 Å². The lowest BCUT2D eigenvalue weighted by molar-refractivity contribution is -0.384. The zero-order valence-electron chi connectivity index (χ0n) is 19.4. The summed E-state index contributed by atoms with van der Waals surface area (Å²) in [5.74, 6) is 0. The van der Waals surface area contributed by atoms with Crippen LogP contribution in [0.15, 0.2) is 58.2 Å². The van der Waals surface area contributed by atoms with Crippen LogP contribution in [0.3, 0.4) is 0 Å². The Labute approximate surface area is 198 Å². The zero-order chi connectivity index (χ0) is 24.9. The molecule has 0 aliphatic heterocycles. The minimum absolute atomic E-state index is 0.118. The number of benzene rings is 2. The molecule has 0 atom stereocenters. The van der Waals surface area contributed by atoms with Crippen molar-refractivity contribution in [3.63, 3.8) is 0 Å². The molecule has 11 heteroatoms. The van der Waals surface area contributed by atoms with E-state index in [0.29, 0.717) is 17.9 Å². The van der Waals surface area contributed by atoms with Crippen molar-refractivity contribution >= 4 is 27.1 Å². The fourth-order valence-electron chi connectivity index (χ4n) is 3.63. The van der Waals surface area contributed by atoms with Gasteiger partial charge >= 0.3 is 0 Å². The van der Waals surface area contributed by atoms with E-state index in [9.17, 15) is 23.3 Å². The van der Waals surface area contributed by atoms with Gasteiger partial charge in [0.2, 0.25) is 0 Å². The highest BCUT2D eigenvalue weighted by Gasteiger charge is 2.25. The summed E-state index contributed by atoms with van der Waals surface area (Å²) in [5.41, 5.74) is 0.222. The van der Waals surface area contributed by atoms with Crippen LogP contribution in [-0.2, 0) is 17.1 Å². The van der Waals surface area contributed by atoms with Crippen molar-refractivity contribution in [2.45, 2.75) is 44.4 Å². The van der Waals surface area contributed by atoms with Crippen LogP contribution in [-0.4, -0.2) is 29.2 Å². The molecule has 2 aromatic carbocycles. The number of hydrogen-bond acceptors (Lipinski definition) is 6. The van der Waals surface area contributed by atoms with Gasteiger partial charge in [0.05, 0.1) is 21.2 Å². The maximum Gasteiger partial charge on any atom is 0.296 e. The molecular formula is C23H29N5O5S. The molecule has 10 nitrogen and oxygen atoms in total. The van der Waals surface area contributed by atoms with Crippen molar-refractivity contribution in [3.8, 4) is 5.69 Å². The van der Waals surface area contributed by atoms with Crippen molar-refractivity contribution < 1.29 is 13.3 Å². The first-order chi connectivity index (χ1) is 16.2. The molecule has 1 heterocycles. The van der Waals surface area contributed by atoms with Crippen LogP contribution < -0.4 is 15.6 Å². The van der Waals surface area contributed by atoms with Gasteiger partial charge in [-0.15, -0.1) is 0 Å². The van der Waals surface area contributed by atoms with Gasteiger partial charge in [-0.05, 0) is 37.6 Å². The molecule has 1 aromatic heterocycles. The van der Waals surface area contributed by atoms with Crippen molar-refractivity contribution in [1.82, 2.24) is 9.36 Å². The average molecular weight is 488 g/mol. The van der Waals surface area contributed by atoms with E-state index < -0.39 is 20.5 Å². The molecule has 0 spiro atoms. The third kappa shape index (κ3) is 5.30. The molecule has 0 unspecified atom stereocenters. The second-order valence-corrected chi connectivity index (χ2v) is 9.65. The SMILES string of the molecule is CCCCCCNc1ccc(S(=O)(=O)Nc2c(C)n(C)n(-c3ccccc3)c2=O)cc1[N+](=O)[O-]. The quantitative estimate of drug-likeness (QED) is 0.237. The lowest BCUT2D eigenvalue weighted by Crippen LogP contribution is -2.23. The summed E-state index contributed by atoms with van der Waals surface area (Å²) >= 11 is 0. The fraction of sp³-hybridized carbons (Fsp3) is 0.348. The maximum absolute atomic E-state index is 13.1. The van der Waals surface area contributed by atoms with Crippen LogP contribution in [0.1, 0.15) is 38.3 Å². The van der Waals surface area contributed by atoms with E-state index in [2.05, 4.69) is 17.0 Å². The smallest absolute Gasteiger partial charge is 0.296 e. The Morgan fingerprint density at radius 1 is 1.06 bits per heavy atom. The van der Waals surface area contributed by atoms with Crippen LogP contribution in [0.25, 0.3) is 5.69 Å². The second-order valence-electron chi connectivity index (χ2n) is 7.97. The van der Waals surface area contributed by atoms with Crippen LogP contribution >= 0.6 is 0 Å². The molecule has 2 N–H and O–H groups in total. The number of sulfonamides is 1. The van der Waals surface area contributed by atoms with E-state index >= 15 is 0 Å². The van der Waals surface area contributed by atoms with E-state index in [0.717, 1.165) is 31.7 Å². The highest BCUT2D eigenvalue weighted by atomic mass is 32.2. The third-order valence-electron chi connectivity index (χ3n) is 5.61. The number of aromatic nitrogens is 2. The topological polar surface area (TPSA) is 128 Å². The minimum atomic E-state index is -4.26. The molecule has 3 rings (SSSR count). The van der Waals surface area contributed by atoms with Gasteiger partial charge in [-0.1, -0.05) is 44.4 Å². The lowest BCUT2D eigenvalue weighted by Gasteiger charge is -2.10. The number of nitro groups is 1. The Balaban J connectivity index is 1.90. The van der Waals surface area contributed by atoms with Crippen LogP contribution in [0.5, 0.6) is 0 Å². The highest BCUT2D eigenvalue weighted by Crippen LogP contribution is 2.29. The Morgan fingerprint density at radius 2 is 1.76 bits per heavy atom. The first kappa shape index (κ1) is 25.0. The summed E-state index contributed by atoms with van der Waals surface area (Å²) in [5, 5.41) is 14.6. The van der Waals surface area contributed by atoms with Crippen LogP contribution in [0, 0.1) is 17.0 Å². The lowest BCUT2D eigenvalue weighted by atomic mass is 10.2. The second kappa shape index (κ2) is 10.6. The Kier molecular flexibility index (Phi) is 7.77. The molecule has 0 bridgehead atoms. The van der Waals surface area contributed by atoms with Crippen LogP contribution in [0.4, 0.5) is 17.1 Å². The minimum Gasteiger partial charge on any atom is -0.379 e. The molecule has 0 radical (unpaired) electrons. The van der Waals surface area contributed by atoms with Gasteiger partial charge < -0.3 is 5.32 Å². The normalized spacial score (nSPS) is 11.4. The molecule has 0 fully saturated rings. The number of nitro benzene ring substituents is 1. The number of nitrogens with zero attached hydrogens (tertiary/aromatic N) is 3. The first-order valence-electron chi connectivity index (χ1n) is 11.1. The number of nitrogens with one attached hydrogen (secondary N) is 2. The molecule has 3 aromatic rings. The number of para-hydroxylation sites is 1. The van der Waals surface area contributed by atoms with E-state index in [1.807, 2.05) is 6.07 Å². The summed E-state index contributed by atoms with van der Waals surface area (Å²) in [6.45, 7) is 4.26. The van der Waals surface area contributed by atoms with Crippen molar-refractivity contribution in [2.75, 3.05) is 16.6 Å². The molecule has 0 saturated carbocycles. The molecule has 0 aliphatic rings. The molecular weight excluding hydrogens is 458 g/mol. The first-order valence-corrected chi connectivity index (χ1v) is 12.5. The van der Waals surface area contributed by atoms with Gasteiger partial charge in [-0.25, -0.2) is 13.1 Å². The van der Waals surface area contributed by atoms with Gasteiger partial charge in [0.1, 0.15) is 11.4 Å². The monoisotopic (exact) mass is 487 g/mol. The largest absolute Gasteiger partial charge is 0.379 e. The highest BCUT2D eigenvalue weighted by molar-refractivity contribution is 7.92. The Hall–Kier alpha value is -3.60. The number of anilines is 2. The van der Waals surface area contributed by atoms with Crippen molar-refractivity contribution in [3.05, 3.63) is 74.7 Å². The fourth-order valence-corrected chi connectivity index (χ4v) is 4.77. The van der Waals surface area contributed by atoms with Gasteiger partial charge in [0, 0.05) is 19.7 Å². The predicted molar refractivity (Wildman–Crippen MR) is 132 cm³/mol. The molecule has 0 amide bonds. The van der Waals surface area contributed by atoms with Gasteiger partial charge in [-0.2, -0.15) is 0 Å². The predicted octanol–water partition coefficient (Wildman–Crippen LogP) is 4.19. The Bertz CT molecular complexity index is 1330. The van der Waals surface area contributed by atoms with Gasteiger partial charge in [-0.3, -0.25) is 24.3 Å². The molecule has 182 valence electrons. The van der Waals surface area contributed by atoms with Gasteiger partial charge in [0.25, 0.3) is 21.3 Å².